The number of amides is 1. The van der Waals surface area contributed by atoms with Crippen molar-refractivity contribution in [2.75, 3.05) is 36.4 Å². The highest BCUT2D eigenvalue weighted by Gasteiger charge is 2.23. The predicted molar refractivity (Wildman–Crippen MR) is 109 cm³/mol. The quantitative estimate of drug-likeness (QED) is 0.876. The summed E-state index contributed by atoms with van der Waals surface area (Å²) in [6.45, 7) is 11.2. The number of carbonyl (C=O) groups excluding carboxylic acids is 1. The molecule has 6 nitrogen and oxygen atoms in total. The number of aryl methyl sites for hydroxylation is 2. The number of benzene rings is 1. The van der Waals surface area contributed by atoms with E-state index in [1.807, 2.05) is 30.0 Å². The minimum Gasteiger partial charge on any atom is -0.340 e. The van der Waals surface area contributed by atoms with Crippen LogP contribution in [0.3, 0.4) is 0 Å². The maximum absolute atomic E-state index is 12.3. The van der Waals surface area contributed by atoms with Gasteiger partial charge in [0.1, 0.15) is 5.82 Å². The molecule has 1 N–H and O–H groups in total. The highest BCUT2D eigenvalue weighted by molar-refractivity contribution is 5.76. The van der Waals surface area contributed by atoms with Crippen molar-refractivity contribution in [2.24, 2.45) is 5.92 Å². The fourth-order valence-electron chi connectivity index (χ4n) is 3.18. The Morgan fingerprint density at radius 2 is 1.74 bits per heavy atom. The first-order valence-electron chi connectivity index (χ1n) is 9.63. The zero-order valence-corrected chi connectivity index (χ0v) is 16.7. The molecule has 0 spiro atoms. The summed E-state index contributed by atoms with van der Waals surface area (Å²) in [5.74, 6) is 2.16. The fourth-order valence-corrected chi connectivity index (χ4v) is 3.18. The normalized spacial score (nSPS) is 14.6. The Kier molecular flexibility index (Phi) is 5.94. The van der Waals surface area contributed by atoms with E-state index in [1.165, 1.54) is 5.56 Å². The first-order chi connectivity index (χ1) is 12.9. The maximum Gasteiger partial charge on any atom is 0.227 e. The number of hydrogen-bond acceptors (Lipinski definition) is 5. The molecule has 2 aromatic rings. The molecule has 0 saturated carbocycles. The Morgan fingerprint density at radius 3 is 2.37 bits per heavy atom. The van der Waals surface area contributed by atoms with Gasteiger partial charge in [-0.3, -0.25) is 4.79 Å². The summed E-state index contributed by atoms with van der Waals surface area (Å²) in [4.78, 5) is 25.7. The van der Waals surface area contributed by atoms with Gasteiger partial charge in [0, 0.05) is 50.0 Å². The van der Waals surface area contributed by atoms with Gasteiger partial charge in [-0.2, -0.15) is 4.98 Å². The average Bonchev–Trinajstić information content (AvgIpc) is 2.63. The second-order valence-corrected chi connectivity index (χ2v) is 7.65. The fraction of sp³-hybridized carbons (Fsp3) is 0.476. The van der Waals surface area contributed by atoms with Gasteiger partial charge < -0.3 is 15.1 Å². The van der Waals surface area contributed by atoms with Crippen LogP contribution in [-0.2, 0) is 4.79 Å². The number of nitrogens with zero attached hydrogens (tertiary/aromatic N) is 4. The number of aromatic nitrogens is 2. The number of rotatable bonds is 5. The summed E-state index contributed by atoms with van der Waals surface area (Å²) in [5, 5.41) is 3.36. The van der Waals surface area contributed by atoms with Crippen molar-refractivity contribution in [3.63, 3.8) is 0 Å². The van der Waals surface area contributed by atoms with Crippen LogP contribution in [0.1, 0.15) is 31.5 Å². The van der Waals surface area contributed by atoms with Crippen molar-refractivity contribution < 1.29 is 4.79 Å². The molecule has 1 aliphatic heterocycles. The standard InChI is InChI=1S/C21H29N5O/c1-15(2)13-20(27)25-9-11-26(12-10-25)21-22-17(4)14-19(24-21)23-18-7-5-16(3)6-8-18/h5-8,14-15H,9-13H2,1-4H3,(H,22,23,24). The van der Waals surface area contributed by atoms with Gasteiger partial charge in [-0.05, 0) is 31.9 Å². The van der Waals surface area contributed by atoms with Crippen LogP contribution in [0.5, 0.6) is 0 Å². The molecule has 1 fully saturated rings. The topological polar surface area (TPSA) is 61.4 Å². The summed E-state index contributed by atoms with van der Waals surface area (Å²) >= 11 is 0. The first kappa shape index (κ1) is 19.1. The van der Waals surface area contributed by atoms with Crippen LogP contribution in [0.15, 0.2) is 30.3 Å². The lowest BCUT2D eigenvalue weighted by atomic mass is 10.1. The number of nitrogens with one attached hydrogen (secondary N) is 1. The molecule has 0 atom stereocenters. The third kappa shape index (κ3) is 5.18. The van der Waals surface area contributed by atoms with Gasteiger partial charge in [-0.25, -0.2) is 4.98 Å². The molecular formula is C21H29N5O. The van der Waals surface area contributed by atoms with Gasteiger partial charge in [-0.15, -0.1) is 0 Å². The molecule has 0 aliphatic carbocycles. The molecule has 0 bridgehead atoms. The van der Waals surface area contributed by atoms with E-state index in [-0.39, 0.29) is 5.91 Å². The molecule has 1 amide bonds. The molecular weight excluding hydrogens is 338 g/mol. The lowest BCUT2D eigenvalue weighted by molar-refractivity contribution is -0.132. The molecule has 27 heavy (non-hydrogen) atoms. The van der Waals surface area contributed by atoms with Gasteiger partial charge in [0.15, 0.2) is 0 Å². The Labute approximate surface area is 161 Å². The van der Waals surface area contributed by atoms with Crippen LogP contribution in [0.25, 0.3) is 0 Å². The summed E-state index contributed by atoms with van der Waals surface area (Å²) < 4.78 is 0. The van der Waals surface area contributed by atoms with E-state index in [4.69, 9.17) is 4.98 Å². The van der Waals surface area contributed by atoms with Gasteiger partial charge in [0.2, 0.25) is 11.9 Å². The highest BCUT2D eigenvalue weighted by Crippen LogP contribution is 2.20. The Hall–Kier alpha value is -2.63. The third-order valence-electron chi connectivity index (χ3n) is 4.66. The van der Waals surface area contributed by atoms with Gasteiger partial charge >= 0.3 is 0 Å². The Balaban J connectivity index is 1.66. The largest absolute Gasteiger partial charge is 0.340 e. The van der Waals surface area contributed by atoms with E-state index < -0.39 is 0 Å². The Bertz CT molecular complexity index is 780. The molecule has 1 aromatic heterocycles. The van der Waals surface area contributed by atoms with Crippen LogP contribution in [0.4, 0.5) is 17.5 Å². The summed E-state index contributed by atoms with van der Waals surface area (Å²) in [5.41, 5.74) is 3.16. The number of anilines is 3. The van der Waals surface area contributed by atoms with Crippen molar-refractivity contribution in [1.29, 1.82) is 0 Å². The minimum absolute atomic E-state index is 0.247. The van der Waals surface area contributed by atoms with E-state index in [0.29, 0.717) is 12.3 Å². The molecule has 3 rings (SSSR count). The molecule has 1 aliphatic rings. The maximum atomic E-state index is 12.3. The molecule has 0 unspecified atom stereocenters. The highest BCUT2D eigenvalue weighted by atomic mass is 16.2. The molecule has 144 valence electrons. The smallest absolute Gasteiger partial charge is 0.227 e. The zero-order valence-electron chi connectivity index (χ0n) is 16.7. The molecule has 2 heterocycles. The molecule has 1 saturated heterocycles. The number of hydrogen-bond donors (Lipinski definition) is 1. The van der Waals surface area contributed by atoms with Crippen molar-refractivity contribution in [1.82, 2.24) is 14.9 Å². The lowest BCUT2D eigenvalue weighted by Gasteiger charge is -2.35. The second kappa shape index (κ2) is 8.37. The summed E-state index contributed by atoms with van der Waals surface area (Å²) in [6, 6.07) is 10.2. The van der Waals surface area contributed by atoms with Crippen LogP contribution in [0, 0.1) is 19.8 Å². The van der Waals surface area contributed by atoms with Gasteiger partial charge in [-0.1, -0.05) is 31.5 Å². The SMILES string of the molecule is Cc1ccc(Nc2cc(C)nc(N3CCN(C(=O)CC(C)C)CC3)n2)cc1. The van der Waals surface area contributed by atoms with Crippen molar-refractivity contribution in [3.8, 4) is 0 Å². The van der Waals surface area contributed by atoms with Crippen LogP contribution in [-0.4, -0.2) is 47.0 Å². The van der Waals surface area contributed by atoms with E-state index in [9.17, 15) is 4.79 Å². The summed E-state index contributed by atoms with van der Waals surface area (Å²) in [7, 11) is 0. The average molecular weight is 367 g/mol. The summed E-state index contributed by atoms with van der Waals surface area (Å²) in [6.07, 6.45) is 0.617. The minimum atomic E-state index is 0.247. The Morgan fingerprint density at radius 1 is 1.07 bits per heavy atom. The third-order valence-corrected chi connectivity index (χ3v) is 4.66. The van der Waals surface area contributed by atoms with Gasteiger partial charge in [0.25, 0.3) is 0 Å². The number of carbonyl (C=O) groups is 1. The van der Waals surface area contributed by atoms with Crippen LogP contribution < -0.4 is 10.2 Å². The van der Waals surface area contributed by atoms with Crippen LogP contribution in [0.2, 0.25) is 0 Å². The zero-order chi connectivity index (χ0) is 19.4. The van der Waals surface area contributed by atoms with Crippen molar-refractivity contribution >= 4 is 23.4 Å². The van der Waals surface area contributed by atoms with E-state index in [2.05, 4.69) is 48.1 Å². The monoisotopic (exact) mass is 367 g/mol. The molecule has 1 aromatic carbocycles. The number of piperazine rings is 1. The predicted octanol–water partition coefficient (Wildman–Crippen LogP) is 3.53. The van der Waals surface area contributed by atoms with E-state index in [0.717, 1.165) is 49.3 Å². The second-order valence-electron chi connectivity index (χ2n) is 7.65. The first-order valence-corrected chi connectivity index (χ1v) is 9.63. The lowest BCUT2D eigenvalue weighted by Crippen LogP contribution is -2.49. The van der Waals surface area contributed by atoms with Crippen molar-refractivity contribution in [3.05, 3.63) is 41.6 Å². The van der Waals surface area contributed by atoms with Gasteiger partial charge in [0.05, 0.1) is 0 Å². The molecule has 6 heteroatoms. The van der Waals surface area contributed by atoms with Crippen molar-refractivity contribution in [2.45, 2.75) is 34.1 Å². The molecule has 0 radical (unpaired) electrons. The van der Waals surface area contributed by atoms with E-state index in [1.54, 1.807) is 0 Å². The van der Waals surface area contributed by atoms with Crippen LogP contribution >= 0.6 is 0 Å². The van der Waals surface area contributed by atoms with E-state index >= 15 is 0 Å².